The van der Waals surface area contributed by atoms with E-state index in [2.05, 4.69) is 10.2 Å². The van der Waals surface area contributed by atoms with Crippen molar-refractivity contribution in [3.8, 4) is 0 Å². The zero-order valence-corrected chi connectivity index (χ0v) is 16.6. The summed E-state index contributed by atoms with van der Waals surface area (Å²) in [6.45, 7) is 4.12. The van der Waals surface area contributed by atoms with E-state index in [4.69, 9.17) is 4.42 Å². The van der Waals surface area contributed by atoms with Gasteiger partial charge in [0.25, 0.3) is 0 Å². The van der Waals surface area contributed by atoms with Crippen LogP contribution in [-0.4, -0.2) is 41.6 Å². The van der Waals surface area contributed by atoms with E-state index in [0.29, 0.717) is 24.5 Å². The number of aromatic nitrogens is 1. The van der Waals surface area contributed by atoms with Gasteiger partial charge in [0, 0.05) is 31.1 Å². The lowest BCUT2D eigenvalue weighted by Gasteiger charge is -2.32. The van der Waals surface area contributed by atoms with Gasteiger partial charge in [-0.1, -0.05) is 18.2 Å². The fraction of sp³-hybridized carbons (Fsp3) is 0.429. The Balaban J connectivity index is 1.27. The van der Waals surface area contributed by atoms with Gasteiger partial charge in [-0.05, 0) is 48.9 Å². The molecule has 1 unspecified atom stereocenters. The number of carbonyl (C=O) groups excluding carboxylic acids is 1. The predicted octanol–water partition coefficient (Wildman–Crippen LogP) is 2.73. The van der Waals surface area contributed by atoms with Crippen molar-refractivity contribution in [2.75, 3.05) is 26.2 Å². The van der Waals surface area contributed by atoms with E-state index >= 15 is 0 Å². The SMILES string of the molecule is O=C(Cc1cccs1)NCC1CCCN(CCn2c(=O)oc3ccccc32)C1. The number of fused-ring (bicyclic) bond motifs is 1. The van der Waals surface area contributed by atoms with Crippen LogP contribution in [0.3, 0.4) is 0 Å². The molecule has 3 aromatic rings. The maximum atomic E-state index is 12.1. The first-order valence-corrected chi connectivity index (χ1v) is 10.7. The Kier molecular flexibility index (Phi) is 5.92. The molecule has 6 nitrogen and oxygen atoms in total. The number of hydrogen-bond acceptors (Lipinski definition) is 5. The summed E-state index contributed by atoms with van der Waals surface area (Å²) >= 11 is 1.62. The molecule has 3 heterocycles. The molecule has 0 spiro atoms. The summed E-state index contributed by atoms with van der Waals surface area (Å²) in [5, 5.41) is 5.08. The quantitative estimate of drug-likeness (QED) is 0.663. The number of nitrogens with zero attached hydrogens (tertiary/aromatic N) is 2. The molecule has 1 amide bonds. The monoisotopic (exact) mass is 399 g/mol. The minimum absolute atomic E-state index is 0.0935. The van der Waals surface area contributed by atoms with Crippen LogP contribution in [0.4, 0.5) is 0 Å². The van der Waals surface area contributed by atoms with Crippen LogP contribution < -0.4 is 11.1 Å². The fourth-order valence-electron chi connectivity index (χ4n) is 3.88. The number of amides is 1. The Morgan fingerprint density at radius 1 is 1.21 bits per heavy atom. The zero-order chi connectivity index (χ0) is 19.3. The van der Waals surface area contributed by atoms with Crippen LogP contribution in [0, 0.1) is 5.92 Å². The zero-order valence-electron chi connectivity index (χ0n) is 15.8. The van der Waals surface area contributed by atoms with Crippen molar-refractivity contribution in [3.05, 3.63) is 57.2 Å². The van der Waals surface area contributed by atoms with Crippen LogP contribution in [0.5, 0.6) is 0 Å². The molecule has 0 radical (unpaired) electrons. The van der Waals surface area contributed by atoms with E-state index in [0.717, 1.165) is 49.4 Å². The fourth-order valence-corrected chi connectivity index (χ4v) is 4.58. The first-order valence-electron chi connectivity index (χ1n) is 9.79. The summed E-state index contributed by atoms with van der Waals surface area (Å²) < 4.78 is 7.02. The van der Waals surface area contributed by atoms with Crippen LogP contribution >= 0.6 is 11.3 Å². The first-order chi connectivity index (χ1) is 13.7. The molecule has 1 aromatic carbocycles. The third-order valence-corrected chi connectivity index (χ3v) is 6.20. The summed E-state index contributed by atoms with van der Waals surface area (Å²) in [4.78, 5) is 27.7. The molecule has 148 valence electrons. The highest BCUT2D eigenvalue weighted by Crippen LogP contribution is 2.17. The van der Waals surface area contributed by atoms with Crippen molar-refractivity contribution in [1.82, 2.24) is 14.8 Å². The van der Waals surface area contributed by atoms with Crippen molar-refractivity contribution in [2.24, 2.45) is 5.92 Å². The molecule has 0 bridgehead atoms. The second-order valence-corrected chi connectivity index (χ2v) is 8.39. The smallest absolute Gasteiger partial charge is 0.408 e. The molecule has 28 heavy (non-hydrogen) atoms. The molecular weight excluding hydrogens is 374 g/mol. The molecule has 7 heteroatoms. The van der Waals surface area contributed by atoms with Gasteiger partial charge in [-0.25, -0.2) is 4.79 Å². The molecule has 0 saturated carbocycles. The summed E-state index contributed by atoms with van der Waals surface area (Å²) in [7, 11) is 0. The van der Waals surface area contributed by atoms with Gasteiger partial charge < -0.3 is 14.6 Å². The lowest BCUT2D eigenvalue weighted by atomic mass is 9.98. The Bertz CT molecular complexity index is 976. The van der Waals surface area contributed by atoms with Gasteiger partial charge in [0.1, 0.15) is 0 Å². The number of hydrogen-bond donors (Lipinski definition) is 1. The Morgan fingerprint density at radius 2 is 2.11 bits per heavy atom. The maximum absolute atomic E-state index is 12.1. The topological polar surface area (TPSA) is 67.5 Å². The number of piperidine rings is 1. The third kappa shape index (κ3) is 4.54. The number of rotatable bonds is 7. The summed E-state index contributed by atoms with van der Waals surface area (Å²) in [5.74, 6) is 0.255. The summed E-state index contributed by atoms with van der Waals surface area (Å²) in [6.07, 6.45) is 2.71. The summed E-state index contributed by atoms with van der Waals surface area (Å²) in [5.41, 5.74) is 1.49. The average Bonchev–Trinajstić information content (AvgIpc) is 3.32. The largest absolute Gasteiger partial charge is 0.419 e. The molecule has 1 N–H and O–H groups in total. The molecule has 4 rings (SSSR count). The van der Waals surface area contributed by atoms with Crippen molar-refractivity contribution >= 4 is 28.3 Å². The molecule has 0 aliphatic carbocycles. The highest BCUT2D eigenvalue weighted by molar-refractivity contribution is 7.10. The molecule has 1 aliphatic heterocycles. The van der Waals surface area contributed by atoms with Gasteiger partial charge in [0.2, 0.25) is 5.91 Å². The summed E-state index contributed by atoms with van der Waals surface area (Å²) in [6, 6.07) is 11.5. The molecule has 2 aromatic heterocycles. The van der Waals surface area contributed by atoms with Gasteiger partial charge in [0.15, 0.2) is 5.58 Å². The molecule has 1 saturated heterocycles. The lowest BCUT2D eigenvalue weighted by molar-refractivity contribution is -0.120. The van der Waals surface area contributed by atoms with Crippen LogP contribution in [0.25, 0.3) is 11.1 Å². The van der Waals surface area contributed by atoms with Crippen LogP contribution in [-0.2, 0) is 17.8 Å². The van der Waals surface area contributed by atoms with E-state index < -0.39 is 0 Å². The number of nitrogens with one attached hydrogen (secondary N) is 1. The highest BCUT2D eigenvalue weighted by Gasteiger charge is 2.21. The molecule has 1 fully saturated rings. The van der Waals surface area contributed by atoms with Crippen molar-refractivity contribution in [1.29, 1.82) is 0 Å². The van der Waals surface area contributed by atoms with E-state index in [1.54, 1.807) is 15.9 Å². The normalized spacial score (nSPS) is 17.8. The Morgan fingerprint density at radius 3 is 2.96 bits per heavy atom. The number of oxazole rings is 1. The Hall–Kier alpha value is -2.38. The lowest BCUT2D eigenvalue weighted by Crippen LogP contribution is -2.42. The second-order valence-electron chi connectivity index (χ2n) is 7.36. The minimum Gasteiger partial charge on any atom is -0.408 e. The third-order valence-electron chi connectivity index (χ3n) is 5.32. The first kappa shape index (κ1) is 19.0. The minimum atomic E-state index is -0.296. The molecule has 1 atom stereocenters. The Labute approximate surface area is 167 Å². The van der Waals surface area contributed by atoms with Crippen LogP contribution in [0.1, 0.15) is 17.7 Å². The van der Waals surface area contributed by atoms with Gasteiger partial charge in [-0.2, -0.15) is 0 Å². The van der Waals surface area contributed by atoms with Crippen LogP contribution in [0.15, 0.2) is 51.0 Å². The number of para-hydroxylation sites is 2. The van der Waals surface area contributed by atoms with E-state index in [9.17, 15) is 9.59 Å². The predicted molar refractivity (Wildman–Crippen MR) is 111 cm³/mol. The van der Waals surface area contributed by atoms with Crippen molar-refractivity contribution in [3.63, 3.8) is 0 Å². The second kappa shape index (κ2) is 8.75. The number of carbonyl (C=O) groups is 1. The van der Waals surface area contributed by atoms with E-state index in [1.165, 1.54) is 0 Å². The van der Waals surface area contributed by atoms with Crippen molar-refractivity contribution in [2.45, 2.75) is 25.8 Å². The molecule has 1 aliphatic rings. The van der Waals surface area contributed by atoms with Gasteiger partial charge in [0.05, 0.1) is 11.9 Å². The highest BCUT2D eigenvalue weighted by atomic mass is 32.1. The number of thiophene rings is 1. The van der Waals surface area contributed by atoms with Crippen molar-refractivity contribution < 1.29 is 9.21 Å². The molecular formula is C21H25N3O3S. The van der Waals surface area contributed by atoms with Crippen LogP contribution in [0.2, 0.25) is 0 Å². The number of benzene rings is 1. The van der Waals surface area contributed by atoms with E-state index in [-0.39, 0.29) is 11.7 Å². The average molecular weight is 400 g/mol. The maximum Gasteiger partial charge on any atom is 0.419 e. The standard InChI is InChI=1S/C21H25N3O3S/c25-20(13-17-6-4-12-28-17)22-14-16-5-3-9-23(15-16)10-11-24-18-7-1-2-8-19(18)27-21(24)26/h1-2,4,6-8,12,16H,3,5,9-11,13-15H2,(H,22,25). The van der Waals surface area contributed by atoms with Gasteiger partial charge in [-0.3, -0.25) is 9.36 Å². The number of likely N-dealkylation sites (tertiary alicyclic amines) is 1. The van der Waals surface area contributed by atoms with Gasteiger partial charge >= 0.3 is 5.76 Å². The van der Waals surface area contributed by atoms with Gasteiger partial charge in [-0.15, -0.1) is 11.3 Å². The van der Waals surface area contributed by atoms with E-state index in [1.807, 2.05) is 41.8 Å².